The van der Waals surface area contributed by atoms with Crippen molar-refractivity contribution in [3.63, 3.8) is 0 Å². The fourth-order valence-corrected chi connectivity index (χ4v) is 2.44. The van der Waals surface area contributed by atoms with Crippen LogP contribution in [0.25, 0.3) is 10.9 Å². The van der Waals surface area contributed by atoms with Gasteiger partial charge in [0.1, 0.15) is 21.6 Å². The van der Waals surface area contributed by atoms with Crippen molar-refractivity contribution in [2.45, 2.75) is 32.9 Å². The standard InChI is InChI=1S/C13H15IN2O3/c1-13(2,3)19-11(18)7-16-10-5-4-8(17)6-9(10)12(14)15-16/h4-6,17H,7H2,1-3H3. The first-order valence-corrected chi connectivity index (χ1v) is 6.91. The largest absolute Gasteiger partial charge is 0.508 e. The fourth-order valence-electron chi connectivity index (χ4n) is 1.74. The second kappa shape index (κ2) is 4.99. The zero-order valence-corrected chi connectivity index (χ0v) is 13.1. The topological polar surface area (TPSA) is 64.4 Å². The number of nitrogens with zero attached hydrogens (tertiary/aromatic N) is 2. The molecule has 0 bridgehead atoms. The van der Waals surface area contributed by atoms with E-state index in [1.54, 1.807) is 22.9 Å². The lowest BCUT2D eigenvalue weighted by Gasteiger charge is -2.19. The van der Waals surface area contributed by atoms with Crippen LogP contribution in [0.5, 0.6) is 5.75 Å². The maximum atomic E-state index is 11.8. The molecule has 1 aromatic heterocycles. The van der Waals surface area contributed by atoms with Crippen LogP contribution in [0.15, 0.2) is 18.2 Å². The summed E-state index contributed by atoms with van der Waals surface area (Å²) in [4.78, 5) is 11.8. The number of fused-ring (bicyclic) bond motifs is 1. The molecule has 0 spiro atoms. The van der Waals surface area contributed by atoms with E-state index in [1.807, 2.05) is 20.8 Å². The fraction of sp³-hybridized carbons (Fsp3) is 0.385. The number of phenols is 1. The number of hydrogen-bond acceptors (Lipinski definition) is 4. The molecule has 1 heterocycles. The van der Waals surface area contributed by atoms with E-state index in [4.69, 9.17) is 4.74 Å². The zero-order chi connectivity index (χ0) is 14.2. The minimum atomic E-state index is -0.508. The van der Waals surface area contributed by atoms with Crippen molar-refractivity contribution in [2.24, 2.45) is 0 Å². The van der Waals surface area contributed by atoms with Gasteiger partial charge in [0.15, 0.2) is 0 Å². The Bertz CT molecular complexity index is 629. The van der Waals surface area contributed by atoms with Crippen LogP contribution in [0.3, 0.4) is 0 Å². The highest BCUT2D eigenvalue weighted by atomic mass is 127. The number of carbonyl (C=O) groups is 1. The van der Waals surface area contributed by atoms with Crippen LogP contribution < -0.4 is 0 Å². The predicted molar refractivity (Wildman–Crippen MR) is 80.0 cm³/mol. The molecule has 0 saturated heterocycles. The molecule has 5 nitrogen and oxygen atoms in total. The third-order valence-corrected chi connectivity index (χ3v) is 3.18. The zero-order valence-electron chi connectivity index (χ0n) is 11.0. The van der Waals surface area contributed by atoms with Crippen LogP contribution in [0.1, 0.15) is 20.8 Å². The van der Waals surface area contributed by atoms with E-state index >= 15 is 0 Å². The quantitative estimate of drug-likeness (QED) is 0.649. The minimum absolute atomic E-state index is 0.0571. The van der Waals surface area contributed by atoms with Gasteiger partial charge in [0.2, 0.25) is 0 Å². The van der Waals surface area contributed by atoms with E-state index in [2.05, 4.69) is 27.7 Å². The smallest absolute Gasteiger partial charge is 0.328 e. The summed E-state index contributed by atoms with van der Waals surface area (Å²) in [6.07, 6.45) is 0. The molecular weight excluding hydrogens is 359 g/mol. The highest BCUT2D eigenvalue weighted by Gasteiger charge is 2.18. The van der Waals surface area contributed by atoms with Crippen molar-refractivity contribution in [3.05, 3.63) is 21.9 Å². The number of phenolic OH excluding ortho intramolecular Hbond substituents is 1. The molecule has 0 fully saturated rings. The summed E-state index contributed by atoms with van der Waals surface area (Å²) in [6, 6.07) is 4.95. The first kappa shape index (κ1) is 14.1. The van der Waals surface area contributed by atoms with E-state index < -0.39 is 5.60 Å². The number of aromatic nitrogens is 2. The Morgan fingerprint density at radius 2 is 2.16 bits per heavy atom. The summed E-state index contributed by atoms with van der Waals surface area (Å²) in [6.45, 7) is 5.54. The second-order valence-electron chi connectivity index (χ2n) is 5.24. The van der Waals surface area contributed by atoms with Gasteiger partial charge < -0.3 is 9.84 Å². The van der Waals surface area contributed by atoms with Crippen molar-refractivity contribution < 1.29 is 14.6 Å². The van der Waals surface area contributed by atoms with Gasteiger partial charge >= 0.3 is 5.97 Å². The van der Waals surface area contributed by atoms with Gasteiger partial charge in [-0.25, -0.2) is 0 Å². The Balaban J connectivity index is 2.29. The van der Waals surface area contributed by atoms with Crippen LogP contribution in [-0.2, 0) is 16.1 Å². The summed E-state index contributed by atoms with van der Waals surface area (Å²) >= 11 is 2.08. The monoisotopic (exact) mass is 374 g/mol. The number of esters is 1. The molecule has 2 rings (SSSR count). The third kappa shape index (κ3) is 3.37. The van der Waals surface area contributed by atoms with Crippen molar-refractivity contribution in [1.29, 1.82) is 0 Å². The number of halogens is 1. The Hall–Kier alpha value is -1.31. The van der Waals surface area contributed by atoms with Gasteiger partial charge in [-0.3, -0.25) is 9.48 Å². The van der Waals surface area contributed by atoms with Crippen LogP contribution in [0, 0.1) is 3.70 Å². The van der Waals surface area contributed by atoms with E-state index in [0.717, 1.165) is 14.6 Å². The number of aromatic hydroxyl groups is 1. The molecule has 0 unspecified atom stereocenters. The molecule has 0 aliphatic carbocycles. The first-order valence-electron chi connectivity index (χ1n) is 5.83. The van der Waals surface area contributed by atoms with Gasteiger partial charge in [-0.1, -0.05) is 0 Å². The van der Waals surface area contributed by atoms with Gasteiger partial charge in [0.25, 0.3) is 0 Å². The maximum absolute atomic E-state index is 11.8. The van der Waals surface area contributed by atoms with Crippen molar-refractivity contribution in [1.82, 2.24) is 9.78 Å². The Kier molecular flexibility index (Phi) is 3.71. The first-order chi connectivity index (χ1) is 8.76. The second-order valence-corrected chi connectivity index (χ2v) is 6.26. The lowest BCUT2D eigenvalue weighted by atomic mass is 10.2. The molecule has 6 heteroatoms. The van der Waals surface area contributed by atoms with E-state index in [1.165, 1.54) is 0 Å². The molecule has 0 atom stereocenters. The van der Waals surface area contributed by atoms with E-state index in [9.17, 15) is 9.90 Å². The van der Waals surface area contributed by atoms with Crippen molar-refractivity contribution in [3.8, 4) is 5.75 Å². The molecule has 2 aromatic rings. The molecule has 0 aliphatic rings. The number of rotatable bonds is 2. The summed E-state index contributed by atoms with van der Waals surface area (Å²) < 4.78 is 7.60. The SMILES string of the molecule is CC(C)(C)OC(=O)Cn1nc(I)c2cc(O)ccc21. The minimum Gasteiger partial charge on any atom is -0.508 e. The molecule has 0 saturated carbocycles. The number of ether oxygens (including phenoxy) is 1. The van der Waals surface area contributed by atoms with Gasteiger partial charge in [-0.05, 0) is 61.6 Å². The lowest BCUT2D eigenvalue weighted by Crippen LogP contribution is -2.26. The molecule has 0 aliphatic heterocycles. The lowest BCUT2D eigenvalue weighted by molar-refractivity contribution is -0.155. The van der Waals surface area contributed by atoms with E-state index in [-0.39, 0.29) is 18.3 Å². The Morgan fingerprint density at radius 1 is 1.47 bits per heavy atom. The van der Waals surface area contributed by atoms with Gasteiger partial charge in [-0.15, -0.1) is 0 Å². The van der Waals surface area contributed by atoms with E-state index in [0.29, 0.717) is 0 Å². The average molecular weight is 374 g/mol. The maximum Gasteiger partial charge on any atom is 0.328 e. The number of hydrogen-bond donors (Lipinski definition) is 1. The number of benzene rings is 1. The average Bonchev–Trinajstić information content (AvgIpc) is 2.52. The summed E-state index contributed by atoms with van der Waals surface area (Å²) in [5, 5.41) is 14.6. The van der Waals surface area contributed by atoms with Crippen LogP contribution in [0.2, 0.25) is 0 Å². The van der Waals surface area contributed by atoms with Crippen LogP contribution in [-0.4, -0.2) is 26.5 Å². The van der Waals surface area contributed by atoms with Crippen molar-refractivity contribution in [2.75, 3.05) is 0 Å². The van der Waals surface area contributed by atoms with Crippen LogP contribution in [0.4, 0.5) is 0 Å². The highest BCUT2D eigenvalue weighted by Crippen LogP contribution is 2.24. The van der Waals surface area contributed by atoms with Crippen LogP contribution >= 0.6 is 22.6 Å². The Morgan fingerprint density at radius 3 is 2.79 bits per heavy atom. The molecule has 1 N–H and O–H groups in total. The molecular formula is C13H15IN2O3. The summed E-state index contributed by atoms with van der Waals surface area (Å²) in [7, 11) is 0. The summed E-state index contributed by atoms with van der Waals surface area (Å²) in [5.74, 6) is -0.149. The molecule has 0 amide bonds. The third-order valence-electron chi connectivity index (χ3n) is 2.39. The Labute approximate surface area is 124 Å². The molecule has 102 valence electrons. The predicted octanol–water partition coefficient (Wildman–Crippen LogP) is 2.69. The molecule has 1 aromatic carbocycles. The number of carbonyl (C=O) groups excluding carboxylic acids is 1. The summed E-state index contributed by atoms with van der Waals surface area (Å²) in [5.41, 5.74) is 0.291. The van der Waals surface area contributed by atoms with Gasteiger partial charge in [0, 0.05) is 5.39 Å². The van der Waals surface area contributed by atoms with Gasteiger partial charge in [-0.2, -0.15) is 5.10 Å². The highest BCUT2D eigenvalue weighted by molar-refractivity contribution is 14.1. The molecule has 0 radical (unpaired) electrons. The molecule has 19 heavy (non-hydrogen) atoms. The van der Waals surface area contributed by atoms with Gasteiger partial charge in [0.05, 0.1) is 5.52 Å². The normalized spacial score (nSPS) is 11.8. The van der Waals surface area contributed by atoms with Crippen molar-refractivity contribution >= 4 is 39.5 Å².